The Morgan fingerprint density at radius 2 is 1.88 bits per heavy atom. The average Bonchev–Trinajstić information content (AvgIpc) is 2.41. The summed E-state index contributed by atoms with van der Waals surface area (Å²) < 4.78 is 5.28. The maximum absolute atomic E-state index is 12.3. The number of ether oxygens (including phenoxy) is 1. The lowest BCUT2D eigenvalue weighted by atomic mass is 9.79. The molecule has 0 aromatic carbocycles. The van der Waals surface area contributed by atoms with Crippen LogP contribution in [-0.2, 0) is 9.53 Å². The van der Waals surface area contributed by atoms with Crippen LogP contribution in [0, 0.1) is 0 Å². The molecule has 1 saturated heterocycles. The first-order valence-electron chi connectivity index (χ1n) is 6.80. The number of nitrogens with zero attached hydrogens (tertiary/aromatic N) is 1. The second-order valence-electron chi connectivity index (χ2n) is 5.26. The summed E-state index contributed by atoms with van der Waals surface area (Å²) in [7, 11) is 2.00. The molecule has 98 valence electrons. The van der Waals surface area contributed by atoms with Crippen LogP contribution in [0.2, 0.25) is 0 Å². The molecule has 4 heteroatoms. The monoisotopic (exact) mass is 240 g/mol. The molecule has 0 aromatic heterocycles. The molecule has 17 heavy (non-hydrogen) atoms. The molecule has 2 aliphatic rings. The van der Waals surface area contributed by atoms with E-state index in [1.54, 1.807) is 0 Å². The molecule has 1 aliphatic carbocycles. The van der Waals surface area contributed by atoms with E-state index in [-0.39, 0.29) is 5.54 Å². The molecule has 1 aliphatic heterocycles. The normalized spacial score (nSPS) is 24.6. The average molecular weight is 240 g/mol. The van der Waals surface area contributed by atoms with E-state index >= 15 is 0 Å². The van der Waals surface area contributed by atoms with Crippen LogP contribution < -0.4 is 5.32 Å². The fraction of sp³-hybridized carbons (Fsp3) is 0.923. The topological polar surface area (TPSA) is 41.6 Å². The van der Waals surface area contributed by atoms with Crippen molar-refractivity contribution in [2.45, 2.75) is 44.1 Å². The van der Waals surface area contributed by atoms with Crippen molar-refractivity contribution in [2.24, 2.45) is 0 Å². The molecule has 0 radical (unpaired) electrons. The third-order valence-corrected chi connectivity index (χ3v) is 4.19. The number of rotatable bonds is 3. The van der Waals surface area contributed by atoms with Gasteiger partial charge >= 0.3 is 0 Å². The third-order valence-electron chi connectivity index (χ3n) is 4.19. The Morgan fingerprint density at radius 3 is 2.47 bits per heavy atom. The van der Waals surface area contributed by atoms with Gasteiger partial charge in [-0.15, -0.1) is 0 Å². The summed E-state index contributed by atoms with van der Waals surface area (Å²) in [5, 5.41) is 3.41. The number of carbonyl (C=O) groups is 1. The molecule has 1 N–H and O–H groups in total. The highest BCUT2D eigenvalue weighted by molar-refractivity contribution is 5.77. The Morgan fingerprint density at radius 1 is 1.24 bits per heavy atom. The van der Waals surface area contributed by atoms with Crippen molar-refractivity contribution in [3.8, 4) is 0 Å². The Hall–Kier alpha value is -0.610. The Bertz CT molecular complexity index is 256. The van der Waals surface area contributed by atoms with Gasteiger partial charge in [-0.3, -0.25) is 4.79 Å². The first-order valence-corrected chi connectivity index (χ1v) is 6.80. The van der Waals surface area contributed by atoms with Gasteiger partial charge in [0.15, 0.2) is 0 Å². The molecule has 1 saturated carbocycles. The molecule has 4 nitrogen and oxygen atoms in total. The minimum Gasteiger partial charge on any atom is -0.378 e. The van der Waals surface area contributed by atoms with Gasteiger partial charge in [-0.2, -0.15) is 0 Å². The lowest BCUT2D eigenvalue weighted by molar-refractivity contribution is -0.137. The Labute approximate surface area is 104 Å². The molecule has 1 amide bonds. The highest BCUT2D eigenvalue weighted by Gasteiger charge is 2.34. The minimum atomic E-state index is 0.0631. The van der Waals surface area contributed by atoms with Crippen LogP contribution in [0.4, 0.5) is 0 Å². The van der Waals surface area contributed by atoms with E-state index in [4.69, 9.17) is 4.74 Å². The Kier molecular flexibility index (Phi) is 4.40. The van der Waals surface area contributed by atoms with Crippen molar-refractivity contribution < 1.29 is 9.53 Å². The molecular formula is C13H24N2O2. The highest BCUT2D eigenvalue weighted by atomic mass is 16.5. The van der Waals surface area contributed by atoms with Crippen LogP contribution in [0.25, 0.3) is 0 Å². The van der Waals surface area contributed by atoms with Crippen LogP contribution in [0.1, 0.15) is 38.5 Å². The summed E-state index contributed by atoms with van der Waals surface area (Å²) >= 11 is 0. The summed E-state index contributed by atoms with van der Waals surface area (Å²) in [5.74, 6) is 0.296. The van der Waals surface area contributed by atoms with E-state index in [2.05, 4.69) is 5.32 Å². The van der Waals surface area contributed by atoms with Crippen LogP contribution in [-0.4, -0.2) is 49.7 Å². The van der Waals surface area contributed by atoms with E-state index in [9.17, 15) is 4.79 Å². The summed E-state index contributed by atoms with van der Waals surface area (Å²) in [6.45, 7) is 2.91. The smallest absolute Gasteiger partial charge is 0.224 e. The number of morpholine rings is 1. The van der Waals surface area contributed by atoms with Gasteiger partial charge in [-0.05, 0) is 19.9 Å². The van der Waals surface area contributed by atoms with Gasteiger partial charge < -0.3 is 15.0 Å². The van der Waals surface area contributed by atoms with Crippen molar-refractivity contribution in [1.82, 2.24) is 10.2 Å². The van der Waals surface area contributed by atoms with E-state index < -0.39 is 0 Å². The molecule has 0 spiro atoms. The number of carbonyl (C=O) groups excluding carboxylic acids is 1. The lowest BCUT2D eigenvalue weighted by Gasteiger charge is -2.38. The standard InChI is InChI=1S/C13H24N2O2/c1-14-13(5-3-2-4-6-13)11-12(16)15-7-9-17-10-8-15/h14H,2-11H2,1H3. The Balaban J connectivity index is 1.90. The quantitative estimate of drug-likeness (QED) is 0.805. The van der Waals surface area contributed by atoms with Crippen molar-refractivity contribution in [3.63, 3.8) is 0 Å². The predicted octanol–water partition coefficient (Wildman–Crippen LogP) is 1.16. The molecule has 2 fully saturated rings. The molecule has 0 atom stereocenters. The van der Waals surface area contributed by atoms with Gasteiger partial charge in [0, 0.05) is 25.0 Å². The van der Waals surface area contributed by atoms with Crippen LogP contribution in [0.3, 0.4) is 0 Å². The second kappa shape index (κ2) is 5.83. The molecule has 0 unspecified atom stereocenters. The van der Waals surface area contributed by atoms with E-state index in [0.717, 1.165) is 25.9 Å². The summed E-state index contributed by atoms with van der Waals surface area (Å²) in [6, 6.07) is 0. The molecular weight excluding hydrogens is 216 g/mol. The van der Waals surface area contributed by atoms with Crippen molar-refractivity contribution in [2.75, 3.05) is 33.4 Å². The predicted molar refractivity (Wildman–Crippen MR) is 66.9 cm³/mol. The van der Waals surface area contributed by atoms with Gasteiger partial charge in [0.05, 0.1) is 13.2 Å². The first kappa shape index (κ1) is 12.8. The SMILES string of the molecule is CNC1(CC(=O)N2CCOCC2)CCCCC1. The molecule has 1 heterocycles. The zero-order chi connectivity index (χ0) is 12.1. The van der Waals surface area contributed by atoms with E-state index in [1.807, 2.05) is 11.9 Å². The third kappa shape index (κ3) is 3.19. The van der Waals surface area contributed by atoms with Crippen molar-refractivity contribution in [1.29, 1.82) is 0 Å². The van der Waals surface area contributed by atoms with Crippen molar-refractivity contribution in [3.05, 3.63) is 0 Å². The van der Waals surface area contributed by atoms with Crippen LogP contribution in [0.5, 0.6) is 0 Å². The van der Waals surface area contributed by atoms with Gasteiger partial charge in [0.1, 0.15) is 0 Å². The van der Waals surface area contributed by atoms with Crippen LogP contribution >= 0.6 is 0 Å². The van der Waals surface area contributed by atoms with Crippen LogP contribution in [0.15, 0.2) is 0 Å². The van der Waals surface area contributed by atoms with E-state index in [0.29, 0.717) is 25.5 Å². The molecule has 0 aromatic rings. The van der Waals surface area contributed by atoms with Crippen molar-refractivity contribution >= 4 is 5.91 Å². The van der Waals surface area contributed by atoms with Gasteiger partial charge in [-0.25, -0.2) is 0 Å². The number of nitrogens with one attached hydrogen (secondary N) is 1. The minimum absolute atomic E-state index is 0.0631. The summed E-state index contributed by atoms with van der Waals surface area (Å²) in [4.78, 5) is 14.2. The highest BCUT2D eigenvalue weighted by Crippen LogP contribution is 2.31. The lowest BCUT2D eigenvalue weighted by Crippen LogP contribution is -2.50. The fourth-order valence-electron chi connectivity index (χ4n) is 2.96. The summed E-state index contributed by atoms with van der Waals surface area (Å²) in [6.07, 6.45) is 6.74. The molecule has 0 bridgehead atoms. The zero-order valence-corrected chi connectivity index (χ0v) is 10.8. The fourth-order valence-corrected chi connectivity index (χ4v) is 2.96. The zero-order valence-electron chi connectivity index (χ0n) is 10.8. The maximum atomic E-state index is 12.3. The first-order chi connectivity index (χ1) is 8.26. The van der Waals surface area contributed by atoms with Gasteiger partial charge in [0.25, 0.3) is 0 Å². The molecule has 2 rings (SSSR count). The number of hydrogen-bond acceptors (Lipinski definition) is 3. The van der Waals surface area contributed by atoms with Gasteiger partial charge in [-0.1, -0.05) is 19.3 Å². The second-order valence-corrected chi connectivity index (χ2v) is 5.26. The van der Waals surface area contributed by atoms with Gasteiger partial charge in [0.2, 0.25) is 5.91 Å². The summed E-state index contributed by atoms with van der Waals surface area (Å²) in [5.41, 5.74) is 0.0631. The number of amides is 1. The largest absolute Gasteiger partial charge is 0.378 e. The number of hydrogen-bond donors (Lipinski definition) is 1. The maximum Gasteiger partial charge on any atom is 0.224 e. The van der Waals surface area contributed by atoms with E-state index in [1.165, 1.54) is 19.3 Å².